The molecule has 2 aliphatic heterocycles. The summed E-state index contributed by atoms with van der Waals surface area (Å²) in [4.78, 5) is 12.0. The molecule has 0 saturated carbocycles. The van der Waals surface area contributed by atoms with Crippen molar-refractivity contribution in [3.8, 4) is 0 Å². The van der Waals surface area contributed by atoms with Gasteiger partial charge in [-0.2, -0.15) is 0 Å². The quantitative estimate of drug-likeness (QED) is 0.228. The highest BCUT2D eigenvalue weighted by atomic mass is 16.6. The van der Waals surface area contributed by atoms with Gasteiger partial charge in [-0.15, -0.1) is 0 Å². The van der Waals surface area contributed by atoms with E-state index in [9.17, 15) is 35.7 Å². The Morgan fingerprint density at radius 2 is 1.80 bits per heavy atom. The summed E-state index contributed by atoms with van der Waals surface area (Å²) in [6.45, 7) is -2.30. The van der Waals surface area contributed by atoms with Crippen LogP contribution in [0.1, 0.15) is 0 Å². The van der Waals surface area contributed by atoms with Crippen molar-refractivity contribution >= 4 is 17.0 Å². The minimum atomic E-state index is -2.34. The molecule has 2 aliphatic rings. The third kappa shape index (κ3) is 2.54. The van der Waals surface area contributed by atoms with E-state index in [2.05, 4.69) is 15.0 Å². The monoisotopic (exact) mass is 429 g/mol. The molecular weight excluding hydrogens is 406 g/mol. The van der Waals surface area contributed by atoms with Crippen molar-refractivity contribution < 1.29 is 45.2 Å². The first-order valence-electron chi connectivity index (χ1n) is 9.13. The maximum atomic E-state index is 11.1. The molecule has 14 heteroatoms. The average molecular weight is 429 g/mol. The van der Waals surface area contributed by atoms with Crippen molar-refractivity contribution in [2.45, 2.75) is 47.9 Å². The summed E-state index contributed by atoms with van der Waals surface area (Å²) < 4.78 is 12.5. The predicted molar refractivity (Wildman–Crippen MR) is 95.5 cm³/mol. The fourth-order valence-corrected chi connectivity index (χ4v) is 4.27. The third-order valence-corrected chi connectivity index (χ3v) is 5.88. The lowest BCUT2D eigenvalue weighted by molar-refractivity contribution is -0.347. The Hall–Kier alpha value is -2.01. The summed E-state index contributed by atoms with van der Waals surface area (Å²) in [5.41, 5.74) is 1.24. The van der Waals surface area contributed by atoms with E-state index >= 15 is 0 Å². The van der Waals surface area contributed by atoms with Crippen molar-refractivity contribution in [2.75, 3.05) is 25.6 Å². The van der Waals surface area contributed by atoms with Crippen LogP contribution >= 0.6 is 0 Å². The number of hydrogen-bond donors (Lipinski definition) is 8. The van der Waals surface area contributed by atoms with E-state index in [1.54, 1.807) is 0 Å². The van der Waals surface area contributed by atoms with Gasteiger partial charge >= 0.3 is 0 Å². The minimum absolute atomic E-state index is 0.00317. The number of aliphatic hydroxyl groups is 7. The van der Waals surface area contributed by atoms with Crippen LogP contribution in [-0.2, 0) is 15.2 Å². The topological polar surface area (TPSA) is 230 Å². The lowest BCUT2D eigenvalue weighted by Gasteiger charge is -2.54. The van der Waals surface area contributed by atoms with Crippen LogP contribution in [0.15, 0.2) is 12.7 Å². The van der Waals surface area contributed by atoms with E-state index in [1.165, 1.54) is 0 Å². The molecule has 4 heterocycles. The molecule has 9 N–H and O–H groups in total. The molecule has 8 atom stereocenters. The molecule has 2 saturated heterocycles. The molecule has 0 radical (unpaired) electrons. The molecule has 14 nitrogen and oxygen atoms in total. The number of fused-ring (bicyclic) bond motifs is 1. The Balaban J connectivity index is 2.01. The van der Waals surface area contributed by atoms with Gasteiger partial charge in [0.25, 0.3) is 0 Å². The number of rotatable bonds is 4. The number of nitrogens with two attached hydrogens (primary N) is 1. The van der Waals surface area contributed by atoms with Crippen LogP contribution in [0.5, 0.6) is 0 Å². The Bertz CT molecular complexity index is 930. The van der Waals surface area contributed by atoms with E-state index in [0.717, 1.165) is 17.2 Å². The molecule has 0 amide bonds. The Labute approximate surface area is 168 Å². The summed E-state index contributed by atoms with van der Waals surface area (Å²) in [6.07, 6.45) is -8.02. The highest BCUT2D eigenvalue weighted by molar-refractivity contribution is 5.81. The Kier molecular flexibility index (Phi) is 5.16. The van der Waals surface area contributed by atoms with Gasteiger partial charge < -0.3 is 51.0 Å². The molecule has 0 aromatic carbocycles. The SMILES string of the molecule is Nc1ncnc2c1ncn2[C@]1(C2(CO)OC[C@@H](O)[C@@H](O)[C@H]2O)O[C@H](CO)[C@@H](O)[C@H]1O. The van der Waals surface area contributed by atoms with Crippen LogP contribution in [0.25, 0.3) is 11.2 Å². The van der Waals surface area contributed by atoms with E-state index in [-0.39, 0.29) is 17.0 Å². The van der Waals surface area contributed by atoms with E-state index in [0.29, 0.717) is 0 Å². The van der Waals surface area contributed by atoms with Gasteiger partial charge in [0.05, 0.1) is 26.1 Å². The van der Waals surface area contributed by atoms with E-state index in [1.807, 2.05) is 0 Å². The number of ether oxygens (including phenoxy) is 2. The zero-order valence-corrected chi connectivity index (χ0v) is 15.6. The summed E-state index contributed by atoms with van der Waals surface area (Å²) in [5.74, 6) is -0.0146. The Morgan fingerprint density at radius 3 is 2.43 bits per heavy atom. The number of aromatic nitrogens is 4. The second-order valence-corrected chi connectivity index (χ2v) is 7.38. The number of anilines is 1. The third-order valence-electron chi connectivity index (χ3n) is 5.88. The number of nitrogen functional groups attached to an aromatic ring is 1. The molecule has 166 valence electrons. The van der Waals surface area contributed by atoms with Gasteiger partial charge in [0.1, 0.15) is 48.5 Å². The fraction of sp³-hybridized carbons (Fsp3) is 0.688. The molecule has 0 bridgehead atoms. The first-order valence-corrected chi connectivity index (χ1v) is 9.13. The van der Waals surface area contributed by atoms with Crippen LogP contribution in [0.3, 0.4) is 0 Å². The largest absolute Gasteiger partial charge is 0.394 e. The summed E-state index contributed by atoms with van der Waals surface area (Å²) in [5, 5.41) is 72.6. The van der Waals surface area contributed by atoms with Crippen molar-refractivity contribution in [3.63, 3.8) is 0 Å². The summed E-state index contributed by atoms with van der Waals surface area (Å²) in [6, 6.07) is 0. The second kappa shape index (κ2) is 7.30. The van der Waals surface area contributed by atoms with Crippen molar-refractivity contribution in [3.05, 3.63) is 12.7 Å². The number of imidazole rings is 1. The van der Waals surface area contributed by atoms with Gasteiger partial charge in [-0.3, -0.25) is 4.57 Å². The molecule has 1 unspecified atom stereocenters. The average Bonchev–Trinajstić information content (AvgIpc) is 3.29. The first kappa shape index (κ1) is 21.2. The number of hydrogen-bond acceptors (Lipinski definition) is 13. The summed E-state index contributed by atoms with van der Waals surface area (Å²) in [7, 11) is 0. The molecule has 2 aromatic rings. The fourth-order valence-electron chi connectivity index (χ4n) is 4.27. The predicted octanol–water partition coefficient (Wildman–Crippen LogP) is -4.98. The van der Waals surface area contributed by atoms with Gasteiger partial charge in [-0.1, -0.05) is 0 Å². The normalized spacial score (nSPS) is 42.1. The number of nitrogens with zero attached hydrogens (tertiary/aromatic N) is 4. The standard InChI is InChI=1S/C16H23N5O9/c17-13-8-14(19-4-18-13)21(5-20-8)16(12(28)10(26)7(1-22)30-16)15(3-23)11(27)9(25)6(24)2-29-15/h4-7,9-12,22-28H,1-3H2,(H2,17,18,19)/t6-,7-,9-,10-,11-,12-,15?,16+/m1/s1. The lowest BCUT2D eigenvalue weighted by Crippen LogP contribution is -2.75. The minimum Gasteiger partial charge on any atom is -0.394 e. The van der Waals surface area contributed by atoms with Crippen molar-refractivity contribution in [1.82, 2.24) is 19.5 Å². The summed E-state index contributed by atoms with van der Waals surface area (Å²) >= 11 is 0. The van der Waals surface area contributed by atoms with Gasteiger partial charge in [-0.05, 0) is 0 Å². The molecule has 2 aromatic heterocycles. The van der Waals surface area contributed by atoms with Crippen LogP contribution in [0.4, 0.5) is 5.82 Å². The van der Waals surface area contributed by atoms with Gasteiger partial charge in [0.15, 0.2) is 17.1 Å². The highest BCUT2D eigenvalue weighted by Crippen LogP contribution is 2.50. The molecule has 0 spiro atoms. The van der Waals surface area contributed by atoms with E-state index < -0.39 is 67.8 Å². The van der Waals surface area contributed by atoms with Gasteiger partial charge in [0, 0.05) is 0 Å². The van der Waals surface area contributed by atoms with Crippen LogP contribution in [0, 0.1) is 0 Å². The second-order valence-electron chi connectivity index (χ2n) is 7.38. The Morgan fingerprint density at radius 1 is 1.07 bits per heavy atom. The van der Waals surface area contributed by atoms with E-state index in [4.69, 9.17) is 15.2 Å². The lowest BCUT2D eigenvalue weighted by atomic mass is 9.76. The highest BCUT2D eigenvalue weighted by Gasteiger charge is 2.72. The van der Waals surface area contributed by atoms with Gasteiger partial charge in [0.2, 0.25) is 5.72 Å². The first-order chi connectivity index (χ1) is 14.2. The zero-order chi connectivity index (χ0) is 21.8. The maximum absolute atomic E-state index is 11.1. The molecule has 4 rings (SSSR count). The molecule has 0 aliphatic carbocycles. The zero-order valence-electron chi connectivity index (χ0n) is 15.6. The van der Waals surface area contributed by atoms with Crippen molar-refractivity contribution in [1.29, 1.82) is 0 Å². The van der Waals surface area contributed by atoms with Gasteiger partial charge in [-0.25, -0.2) is 15.0 Å². The number of aliphatic hydroxyl groups excluding tert-OH is 7. The van der Waals surface area contributed by atoms with Crippen LogP contribution in [-0.4, -0.2) is 117 Å². The van der Waals surface area contributed by atoms with Crippen LogP contribution in [0.2, 0.25) is 0 Å². The smallest absolute Gasteiger partial charge is 0.211 e. The molecular formula is C16H23N5O9. The molecule has 2 fully saturated rings. The maximum Gasteiger partial charge on any atom is 0.211 e. The van der Waals surface area contributed by atoms with Crippen molar-refractivity contribution in [2.24, 2.45) is 0 Å². The molecule has 30 heavy (non-hydrogen) atoms. The van der Waals surface area contributed by atoms with Crippen LogP contribution < -0.4 is 5.73 Å².